The average molecular weight is 417 g/mol. The highest BCUT2D eigenvalue weighted by Gasteiger charge is 2.27. The Morgan fingerprint density at radius 1 is 0.567 bits per heavy atom. The molecule has 0 radical (unpaired) electrons. The third-order valence-corrected chi connectivity index (χ3v) is 7.00. The Labute approximate surface area is 190 Å². The molecular weight excluding hydrogens is 362 g/mol. The summed E-state index contributed by atoms with van der Waals surface area (Å²) < 4.78 is 1.12. The molecule has 0 heterocycles. The highest BCUT2D eigenvalue weighted by Crippen LogP contribution is 2.28. The molecule has 1 rings (SSSR count). The van der Waals surface area contributed by atoms with Crippen molar-refractivity contribution in [1.82, 2.24) is 0 Å². The number of nitrogens with zero attached hydrogens (tertiary/aromatic N) is 1. The van der Waals surface area contributed by atoms with Crippen molar-refractivity contribution in [2.45, 2.75) is 129 Å². The van der Waals surface area contributed by atoms with Crippen molar-refractivity contribution in [3.8, 4) is 0 Å². The quantitative estimate of drug-likeness (QED) is 0.147. The monoisotopic (exact) mass is 416 g/mol. The van der Waals surface area contributed by atoms with Gasteiger partial charge in [0.2, 0.25) is 0 Å². The van der Waals surface area contributed by atoms with Crippen LogP contribution in [0.3, 0.4) is 0 Å². The maximum absolute atomic E-state index is 2.42. The maximum Gasteiger partial charge on any atom is 0.114 e. The van der Waals surface area contributed by atoms with Gasteiger partial charge in [-0.1, -0.05) is 134 Å². The van der Waals surface area contributed by atoms with Gasteiger partial charge < -0.3 is 4.48 Å². The molecule has 0 saturated heterocycles. The van der Waals surface area contributed by atoms with Gasteiger partial charge in [0.05, 0.1) is 20.6 Å². The zero-order valence-corrected chi connectivity index (χ0v) is 21.1. The molecule has 0 unspecified atom stereocenters. The molecule has 1 nitrogen and oxygen atoms in total. The number of hydrogen-bond donors (Lipinski definition) is 0. The van der Waals surface area contributed by atoms with Crippen LogP contribution in [0.5, 0.6) is 0 Å². The molecule has 30 heavy (non-hydrogen) atoms. The Hall–Kier alpha value is -0.820. The van der Waals surface area contributed by atoms with Gasteiger partial charge in [0, 0.05) is 12.0 Å². The Bertz CT molecular complexity index is 478. The number of hydrogen-bond acceptors (Lipinski definition) is 0. The molecule has 0 amide bonds. The summed E-state index contributed by atoms with van der Waals surface area (Å²) in [7, 11) is 4.85. The lowest BCUT2D eigenvalue weighted by molar-refractivity contribution is -0.921. The lowest BCUT2D eigenvalue weighted by Crippen LogP contribution is -2.43. The first-order valence-corrected chi connectivity index (χ1v) is 13.5. The van der Waals surface area contributed by atoms with Gasteiger partial charge in [0.1, 0.15) is 6.04 Å². The van der Waals surface area contributed by atoms with Crippen LogP contribution in [0.25, 0.3) is 0 Å². The number of quaternary nitrogens is 1. The molecule has 1 aromatic carbocycles. The predicted molar refractivity (Wildman–Crippen MR) is 136 cm³/mol. The molecule has 0 aliphatic rings. The molecule has 1 heteroatoms. The second kappa shape index (κ2) is 17.8. The van der Waals surface area contributed by atoms with Gasteiger partial charge in [0.25, 0.3) is 0 Å². The largest absolute Gasteiger partial charge is 0.322 e. The second-order valence-electron chi connectivity index (χ2n) is 10.1. The van der Waals surface area contributed by atoms with Crippen LogP contribution in [-0.2, 0) is 0 Å². The molecule has 0 spiro atoms. The van der Waals surface area contributed by atoms with E-state index in [0.29, 0.717) is 6.04 Å². The van der Waals surface area contributed by atoms with E-state index in [9.17, 15) is 0 Å². The summed E-state index contributed by atoms with van der Waals surface area (Å²) in [6.45, 7) is 5.94. The molecule has 0 aliphatic carbocycles. The Kier molecular flexibility index (Phi) is 16.2. The predicted octanol–water partition coefficient (Wildman–Crippen LogP) is 9.48. The van der Waals surface area contributed by atoms with E-state index < -0.39 is 0 Å². The summed E-state index contributed by atoms with van der Waals surface area (Å²) in [5.41, 5.74) is 1.50. The first-order chi connectivity index (χ1) is 14.6. The normalized spacial score (nSPS) is 12.9. The third kappa shape index (κ3) is 12.8. The van der Waals surface area contributed by atoms with E-state index in [4.69, 9.17) is 0 Å². The summed E-state index contributed by atoms with van der Waals surface area (Å²) in [6.07, 6.45) is 24.3. The zero-order valence-electron chi connectivity index (χ0n) is 21.1. The average Bonchev–Trinajstić information content (AvgIpc) is 2.74. The first-order valence-electron chi connectivity index (χ1n) is 13.5. The summed E-state index contributed by atoms with van der Waals surface area (Å²) in [6, 6.07) is 11.7. The summed E-state index contributed by atoms with van der Waals surface area (Å²) in [5.74, 6) is 0. The lowest BCUT2D eigenvalue weighted by atomic mass is 10.00. The summed E-state index contributed by atoms with van der Waals surface area (Å²) >= 11 is 0. The van der Waals surface area contributed by atoms with Crippen LogP contribution < -0.4 is 0 Å². The molecule has 174 valence electrons. The van der Waals surface area contributed by atoms with E-state index in [1.165, 1.54) is 121 Å². The summed E-state index contributed by atoms with van der Waals surface area (Å²) in [5, 5.41) is 0. The van der Waals surface area contributed by atoms with Crippen LogP contribution in [0.1, 0.15) is 135 Å². The van der Waals surface area contributed by atoms with Crippen molar-refractivity contribution < 1.29 is 4.48 Å². The minimum Gasteiger partial charge on any atom is -0.322 e. The fourth-order valence-corrected chi connectivity index (χ4v) is 5.03. The number of benzene rings is 1. The minimum atomic E-state index is 0.627. The smallest absolute Gasteiger partial charge is 0.114 e. The van der Waals surface area contributed by atoms with Crippen molar-refractivity contribution in [3.63, 3.8) is 0 Å². The zero-order chi connectivity index (χ0) is 21.9. The minimum absolute atomic E-state index is 0.627. The Morgan fingerprint density at radius 2 is 0.967 bits per heavy atom. The van der Waals surface area contributed by atoms with E-state index >= 15 is 0 Å². The fourth-order valence-electron chi connectivity index (χ4n) is 5.03. The molecule has 0 saturated carbocycles. The van der Waals surface area contributed by atoms with Crippen LogP contribution in [0, 0.1) is 0 Å². The van der Waals surface area contributed by atoms with Gasteiger partial charge in [-0.3, -0.25) is 0 Å². The molecule has 0 aromatic heterocycles. The fraction of sp³-hybridized carbons (Fsp3) is 0.793. The van der Waals surface area contributed by atoms with Gasteiger partial charge in [-0.25, -0.2) is 0 Å². The Balaban J connectivity index is 1.95. The highest BCUT2D eigenvalue weighted by atomic mass is 15.3. The lowest BCUT2D eigenvalue weighted by Gasteiger charge is -2.38. The van der Waals surface area contributed by atoms with E-state index in [0.717, 1.165) is 4.48 Å². The van der Waals surface area contributed by atoms with Crippen LogP contribution >= 0.6 is 0 Å². The van der Waals surface area contributed by atoms with Gasteiger partial charge in [-0.15, -0.1) is 0 Å². The molecule has 0 fully saturated rings. The topological polar surface area (TPSA) is 0 Å². The second-order valence-corrected chi connectivity index (χ2v) is 10.1. The molecule has 1 aromatic rings. The van der Waals surface area contributed by atoms with E-state index in [2.05, 4.69) is 58.3 Å². The third-order valence-electron chi connectivity index (χ3n) is 7.00. The number of unbranched alkanes of at least 4 members (excludes halogenated alkanes) is 15. The van der Waals surface area contributed by atoms with Crippen molar-refractivity contribution in [1.29, 1.82) is 0 Å². The van der Waals surface area contributed by atoms with E-state index in [-0.39, 0.29) is 0 Å². The van der Waals surface area contributed by atoms with Crippen molar-refractivity contribution >= 4 is 0 Å². The molecule has 0 aliphatic heterocycles. The van der Waals surface area contributed by atoms with Crippen LogP contribution in [0.15, 0.2) is 30.3 Å². The van der Waals surface area contributed by atoms with Crippen LogP contribution in [-0.4, -0.2) is 25.1 Å². The van der Waals surface area contributed by atoms with Crippen LogP contribution in [0.4, 0.5) is 0 Å². The maximum atomic E-state index is 2.42. The number of rotatable bonds is 20. The van der Waals surface area contributed by atoms with Gasteiger partial charge in [-0.05, 0) is 12.8 Å². The van der Waals surface area contributed by atoms with E-state index in [1.807, 2.05) is 0 Å². The van der Waals surface area contributed by atoms with Gasteiger partial charge in [0.15, 0.2) is 0 Å². The summed E-state index contributed by atoms with van der Waals surface area (Å²) in [4.78, 5) is 0. The molecular formula is C29H54N+. The molecule has 0 N–H and O–H groups in total. The van der Waals surface area contributed by atoms with Crippen molar-refractivity contribution in [2.75, 3.05) is 20.6 Å². The van der Waals surface area contributed by atoms with Crippen molar-refractivity contribution in [2.24, 2.45) is 0 Å². The van der Waals surface area contributed by atoms with Gasteiger partial charge in [-0.2, -0.15) is 0 Å². The Morgan fingerprint density at radius 3 is 1.37 bits per heavy atom. The highest BCUT2D eigenvalue weighted by molar-refractivity contribution is 5.17. The van der Waals surface area contributed by atoms with Gasteiger partial charge >= 0.3 is 0 Å². The first kappa shape index (κ1) is 27.2. The molecule has 0 bridgehead atoms. The van der Waals surface area contributed by atoms with Crippen LogP contribution in [0.2, 0.25) is 0 Å². The SMILES string of the molecule is CCCCCCCCCCCCCCCCCC[N+](C)(C)[C@@H](CC)c1ccccc1. The van der Waals surface area contributed by atoms with Crippen molar-refractivity contribution in [3.05, 3.63) is 35.9 Å². The van der Waals surface area contributed by atoms with E-state index in [1.54, 1.807) is 0 Å². The standard InChI is InChI=1S/C29H54N/c1-5-7-8-9-10-11-12-13-14-15-16-17-18-19-20-24-27-30(3,4)29(6-2)28-25-22-21-23-26-28/h21-23,25-26,29H,5-20,24,27H2,1-4H3/q+1/t29-/m0/s1. The molecule has 1 atom stereocenters.